The minimum Gasteiger partial charge on any atom is -0.507 e. The Morgan fingerprint density at radius 3 is 2.50 bits per heavy atom. The van der Waals surface area contributed by atoms with Gasteiger partial charge < -0.3 is 9.84 Å². The van der Waals surface area contributed by atoms with Gasteiger partial charge in [0.1, 0.15) is 11.5 Å². The molecule has 1 unspecified atom stereocenters. The van der Waals surface area contributed by atoms with Crippen molar-refractivity contribution in [2.24, 2.45) is 0 Å². The predicted octanol–water partition coefficient (Wildman–Crippen LogP) is 5.55. The van der Waals surface area contributed by atoms with Gasteiger partial charge in [-0.2, -0.15) is 0 Å². The van der Waals surface area contributed by atoms with Gasteiger partial charge in [0, 0.05) is 14.9 Å². The minimum atomic E-state index is -0.802. The van der Waals surface area contributed by atoms with Gasteiger partial charge in [-0.1, -0.05) is 28.1 Å². The summed E-state index contributed by atoms with van der Waals surface area (Å²) in [6, 6.07) is 13.3. The van der Waals surface area contributed by atoms with Gasteiger partial charge in [0.2, 0.25) is 0 Å². The van der Waals surface area contributed by atoms with Gasteiger partial charge in [-0.15, -0.1) is 11.3 Å². The number of thiazole rings is 1. The Bertz CT molecular complexity index is 1210. The van der Waals surface area contributed by atoms with Gasteiger partial charge in [0.15, 0.2) is 5.13 Å². The van der Waals surface area contributed by atoms with E-state index in [1.165, 1.54) is 16.2 Å². The monoisotopic (exact) mass is 512 g/mol. The molecule has 0 bridgehead atoms. The Morgan fingerprint density at radius 2 is 1.91 bits per heavy atom. The Hall–Kier alpha value is -2.97. The maximum Gasteiger partial charge on any atom is 0.301 e. The molecule has 3 aromatic rings. The Kier molecular flexibility index (Phi) is 6.17. The molecule has 2 aromatic carbocycles. The number of nitrogens with zero attached hydrogens (tertiary/aromatic N) is 2. The smallest absolute Gasteiger partial charge is 0.301 e. The van der Waals surface area contributed by atoms with E-state index in [1.807, 2.05) is 45.0 Å². The summed E-state index contributed by atoms with van der Waals surface area (Å²) >= 11 is 4.81. The van der Waals surface area contributed by atoms with Gasteiger partial charge in [0.05, 0.1) is 23.9 Å². The average molecular weight is 513 g/mol. The van der Waals surface area contributed by atoms with Crippen LogP contribution < -0.4 is 9.64 Å². The highest BCUT2D eigenvalue weighted by molar-refractivity contribution is 9.10. The Morgan fingerprint density at radius 1 is 1.19 bits per heavy atom. The molecular weight excluding hydrogens is 492 g/mol. The van der Waals surface area contributed by atoms with Crippen LogP contribution >= 0.6 is 27.3 Å². The van der Waals surface area contributed by atoms with E-state index >= 15 is 0 Å². The second-order valence-electron chi connectivity index (χ2n) is 7.32. The SMILES string of the molecule is CCOc1ccc(/C(O)=C2\C(=O)C(=O)N(c3nc(C)c(C)s3)C2c2cccc(Br)c2)cc1. The predicted molar refractivity (Wildman–Crippen MR) is 128 cm³/mol. The second-order valence-corrected chi connectivity index (χ2v) is 9.42. The third-order valence-electron chi connectivity index (χ3n) is 5.27. The topological polar surface area (TPSA) is 79.7 Å². The maximum absolute atomic E-state index is 13.2. The van der Waals surface area contributed by atoms with Gasteiger partial charge >= 0.3 is 5.91 Å². The number of Topliss-reactive ketones (excluding diaryl/α,β-unsaturated/α-hetero) is 1. The van der Waals surface area contributed by atoms with Crippen LogP contribution in [-0.4, -0.2) is 28.4 Å². The first-order valence-electron chi connectivity index (χ1n) is 10.1. The number of ether oxygens (including phenoxy) is 1. The maximum atomic E-state index is 13.2. The number of benzene rings is 2. The number of amides is 1. The number of hydrogen-bond acceptors (Lipinski definition) is 6. The molecule has 4 rings (SSSR count). The number of aryl methyl sites for hydroxylation is 2. The molecule has 32 heavy (non-hydrogen) atoms. The normalized spacial score (nSPS) is 17.8. The van der Waals surface area contributed by atoms with E-state index in [9.17, 15) is 14.7 Å². The fraction of sp³-hybridized carbons (Fsp3) is 0.208. The summed E-state index contributed by atoms with van der Waals surface area (Å²) in [4.78, 5) is 33.2. The number of ketones is 1. The number of aliphatic hydroxyl groups excluding tert-OH is 1. The molecule has 1 atom stereocenters. The Labute approximate surface area is 198 Å². The second kappa shape index (κ2) is 8.88. The fourth-order valence-corrected chi connectivity index (χ4v) is 4.97. The molecule has 0 radical (unpaired) electrons. The summed E-state index contributed by atoms with van der Waals surface area (Å²) in [6.07, 6.45) is 0. The third-order valence-corrected chi connectivity index (χ3v) is 6.84. The zero-order valence-corrected chi connectivity index (χ0v) is 20.2. The minimum absolute atomic E-state index is 0.0303. The van der Waals surface area contributed by atoms with Crippen LogP contribution in [0.4, 0.5) is 5.13 Å². The van der Waals surface area contributed by atoms with E-state index in [0.29, 0.717) is 28.6 Å². The summed E-state index contributed by atoms with van der Waals surface area (Å²) in [6.45, 7) is 6.18. The fourth-order valence-electron chi connectivity index (χ4n) is 3.61. The molecule has 8 heteroatoms. The van der Waals surface area contributed by atoms with Crippen molar-refractivity contribution in [3.8, 4) is 5.75 Å². The van der Waals surface area contributed by atoms with Crippen LogP contribution in [0.5, 0.6) is 5.75 Å². The summed E-state index contributed by atoms with van der Waals surface area (Å²) in [5.74, 6) is -1.03. The van der Waals surface area contributed by atoms with Crippen LogP contribution in [0.25, 0.3) is 5.76 Å². The lowest BCUT2D eigenvalue weighted by Gasteiger charge is -2.23. The first-order chi connectivity index (χ1) is 15.3. The van der Waals surface area contributed by atoms with Crippen molar-refractivity contribution in [2.45, 2.75) is 26.8 Å². The molecule has 1 fully saturated rings. The van der Waals surface area contributed by atoms with Gasteiger partial charge in [-0.3, -0.25) is 14.5 Å². The van der Waals surface area contributed by atoms with Crippen LogP contribution in [0.15, 0.2) is 58.6 Å². The molecule has 0 spiro atoms. The third kappa shape index (κ3) is 3.96. The molecule has 1 N–H and O–H groups in total. The molecule has 0 aliphatic carbocycles. The van der Waals surface area contributed by atoms with Crippen molar-refractivity contribution < 1.29 is 19.4 Å². The molecule has 1 aliphatic heterocycles. The summed E-state index contributed by atoms with van der Waals surface area (Å²) in [5.41, 5.74) is 1.95. The van der Waals surface area contributed by atoms with Crippen LogP contribution in [0, 0.1) is 13.8 Å². The highest BCUT2D eigenvalue weighted by Crippen LogP contribution is 2.44. The lowest BCUT2D eigenvalue weighted by atomic mass is 9.95. The number of anilines is 1. The first kappa shape index (κ1) is 22.2. The van der Waals surface area contributed by atoms with E-state index in [2.05, 4.69) is 20.9 Å². The van der Waals surface area contributed by atoms with E-state index < -0.39 is 17.7 Å². The standard InChI is InChI=1S/C24H21BrN2O4S/c1-4-31-18-10-8-15(9-11-18)21(28)19-20(16-6-5-7-17(25)12-16)27(23(30)22(19)29)24-26-13(2)14(3)32-24/h5-12,20,28H,4H2,1-3H3/b21-19+. The molecule has 2 heterocycles. The van der Waals surface area contributed by atoms with Crippen LogP contribution in [0.1, 0.15) is 34.7 Å². The zero-order valence-electron chi connectivity index (χ0n) is 17.8. The van der Waals surface area contributed by atoms with Gasteiger partial charge in [-0.25, -0.2) is 4.98 Å². The van der Waals surface area contributed by atoms with E-state index in [1.54, 1.807) is 24.3 Å². The van der Waals surface area contributed by atoms with Crippen molar-refractivity contribution in [2.75, 3.05) is 11.5 Å². The number of aromatic nitrogens is 1. The molecular formula is C24H21BrN2O4S. The van der Waals surface area contributed by atoms with Crippen molar-refractivity contribution in [3.63, 3.8) is 0 Å². The number of rotatable bonds is 5. The van der Waals surface area contributed by atoms with Crippen LogP contribution in [0.3, 0.4) is 0 Å². The highest BCUT2D eigenvalue weighted by atomic mass is 79.9. The lowest BCUT2D eigenvalue weighted by molar-refractivity contribution is -0.132. The van der Waals surface area contributed by atoms with Gasteiger partial charge in [0.25, 0.3) is 5.78 Å². The highest BCUT2D eigenvalue weighted by Gasteiger charge is 2.48. The summed E-state index contributed by atoms with van der Waals surface area (Å²) in [5, 5.41) is 11.6. The van der Waals surface area contributed by atoms with Crippen molar-refractivity contribution in [1.82, 2.24) is 4.98 Å². The summed E-state index contributed by atoms with van der Waals surface area (Å²) < 4.78 is 6.26. The van der Waals surface area contributed by atoms with Crippen molar-refractivity contribution in [1.29, 1.82) is 0 Å². The van der Waals surface area contributed by atoms with E-state index in [0.717, 1.165) is 15.0 Å². The largest absolute Gasteiger partial charge is 0.507 e. The molecule has 0 saturated carbocycles. The quantitative estimate of drug-likeness (QED) is 0.275. The molecule has 164 valence electrons. The molecule has 1 aromatic heterocycles. The first-order valence-corrected chi connectivity index (χ1v) is 11.7. The zero-order chi connectivity index (χ0) is 23.0. The molecule has 6 nitrogen and oxygen atoms in total. The average Bonchev–Trinajstić information content (AvgIpc) is 3.24. The van der Waals surface area contributed by atoms with Crippen LogP contribution in [0.2, 0.25) is 0 Å². The number of carbonyl (C=O) groups is 2. The molecule has 1 saturated heterocycles. The number of halogens is 1. The summed E-state index contributed by atoms with van der Waals surface area (Å²) in [7, 11) is 0. The van der Waals surface area contributed by atoms with E-state index in [-0.39, 0.29) is 11.3 Å². The van der Waals surface area contributed by atoms with Gasteiger partial charge in [-0.05, 0) is 62.7 Å². The molecule has 1 amide bonds. The van der Waals surface area contributed by atoms with Crippen LogP contribution in [-0.2, 0) is 9.59 Å². The lowest BCUT2D eigenvalue weighted by Crippen LogP contribution is -2.29. The van der Waals surface area contributed by atoms with Crippen molar-refractivity contribution >= 4 is 49.8 Å². The number of hydrogen-bond donors (Lipinski definition) is 1. The number of carbonyl (C=O) groups excluding carboxylic acids is 2. The Balaban J connectivity index is 1.90. The van der Waals surface area contributed by atoms with Crippen molar-refractivity contribution in [3.05, 3.63) is 80.3 Å². The molecule has 1 aliphatic rings. The number of aliphatic hydroxyl groups is 1. The van der Waals surface area contributed by atoms with E-state index in [4.69, 9.17) is 4.74 Å².